The highest BCUT2D eigenvalue weighted by Gasteiger charge is 2.59. The zero-order valence-electron chi connectivity index (χ0n) is 12.9. The topological polar surface area (TPSA) is 31.4 Å². The molecule has 0 spiro atoms. The lowest BCUT2D eigenvalue weighted by Gasteiger charge is -2.34. The van der Waals surface area contributed by atoms with E-state index in [1.165, 1.54) is 0 Å². The minimum Gasteiger partial charge on any atom is -0.490 e. The van der Waals surface area contributed by atoms with E-state index in [2.05, 4.69) is 20.9 Å². The quantitative estimate of drug-likeness (QED) is 0.580. The number of rotatable bonds is 5. The number of aromatic nitrogens is 1. The second-order valence-electron chi connectivity index (χ2n) is 5.38. The maximum absolute atomic E-state index is 14.0. The van der Waals surface area contributed by atoms with Crippen molar-refractivity contribution in [3.05, 3.63) is 15.2 Å². The summed E-state index contributed by atoms with van der Waals surface area (Å²) in [4.78, 5) is 4.03. The molecule has 0 aliphatic heterocycles. The van der Waals surface area contributed by atoms with Crippen LogP contribution in [0.3, 0.4) is 0 Å². The van der Waals surface area contributed by atoms with Crippen LogP contribution in [0, 0.1) is 0 Å². The molecule has 3 nitrogen and oxygen atoms in total. The van der Waals surface area contributed by atoms with E-state index in [1.54, 1.807) is 13.8 Å². The summed E-state index contributed by atoms with van der Waals surface area (Å²) in [6.07, 6.45) is -3.41. The van der Waals surface area contributed by atoms with Crippen LogP contribution in [-0.2, 0) is 5.41 Å². The molecule has 0 N–H and O–H groups in total. The lowest BCUT2D eigenvalue weighted by molar-refractivity contribution is -0.189. The highest BCUT2D eigenvalue weighted by Crippen LogP contribution is 2.58. The summed E-state index contributed by atoms with van der Waals surface area (Å²) in [5.74, 6) is 0.0511. The van der Waals surface area contributed by atoms with E-state index >= 15 is 0 Å². The Bertz CT molecular complexity index is 575. The Hall–Kier alpha value is -0.690. The van der Waals surface area contributed by atoms with Crippen molar-refractivity contribution in [2.24, 2.45) is 0 Å². The summed E-state index contributed by atoms with van der Waals surface area (Å²) in [7, 11) is 0. The fourth-order valence-corrected chi connectivity index (χ4v) is 4.08. The van der Waals surface area contributed by atoms with Gasteiger partial charge in [0, 0.05) is 5.56 Å². The van der Waals surface area contributed by atoms with E-state index in [9.17, 15) is 13.2 Å². The predicted octanol–water partition coefficient (Wildman–Crippen LogP) is 5.67. The van der Waals surface area contributed by atoms with Crippen molar-refractivity contribution in [2.45, 2.75) is 51.1 Å². The van der Waals surface area contributed by atoms with Crippen LogP contribution in [0.4, 0.5) is 13.2 Å². The highest BCUT2D eigenvalue weighted by molar-refractivity contribution is 9.10. The number of ether oxygens (including phenoxy) is 2. The average molecular weight is 417 g/mol. The van der Waals surface area contributed by atoms with E-state index in [-0.39, 0.29) is 52.9 Å². The predicted molar refractivity (Wildman–Crippen MR) is 85.5 cm³/mol. The Morgan fingerprint density at radius 2 is 1.74 bits per heavy atom. The molecule has 0 aromatic carbocycles. The summed E-state index contributed by atoms with van der Waals surface area (Å²) >= 11 is 9.36. The highest BCUT2D eigenvalue weighted by atomic mass is 79.9. The summed E-state index contributed by atoms with van der Waals surface area (Å²) in [6.45, 7) is 3.89. The van der Waals surface area contributed by atoms with Crippen molar-refractivity contribution in [3.8, 4) is 11.6 Å². The molecule has 0 radical (unpaired) electrons. The van der Waals surface area contributed by atoms with Gasteiger partial charge in [0.25, 0.3) is 0 Å². The Kier molecular flexibility index (Phi) is 5.72. The van der Waals surface area contributed by atoms with Gasteiger partial charge >= 0.3 is 6.18 Å². The first-order valence-corrected chi connectivity index (χ1v) is 8.67. The first-order valence-electron chi connectivity index (χ1n) is 7.50. The molecule has 0 atom stereocenters. The summed E-state index contributed by atoms with van der Waals surface area (Å²) in [6, 6.07) is 0. The number of alkyl halides is 3. The van der Waals surface area contributed by atoms with Gasteiger partial charge in [-0.1, -0.05) is 24.4 Å². The van der Waals surface area contributed by atoms with Gasteiger partial charge in [-0.05, 0) is 42.6 Å². The number of nitrogens with zero attached hydrogens (tertiary/aromatic N) is 1. The van der Waals surface area contributed by atoms with Crippen LogP contribution in [0.25, 0.3) is 0 Å². The molecule has 1 saturated carbocycles. The maximum Gasteiger partial charge on any atom is 0.398 e. The lowest BCUT2D eigenvalue weighted by Crippen LogP contribution is -2.40. The third kappa shape index (κ3) is 3.27. The van der Waals surface area contributed by atoms with Crippen LogP contribution in [0.2, 0.25) is 5.15 Å². The molecular formula is C15H18BrClF3NO2. The van der Waals surface area contributed by atoms with Gasteiger partial charge in [0.1, 0.15) is 0 Å². The minimum atomic E-state index is -4.41. The molecule has 1 aliphatic carbocycles. The number of hydrogen-bond acceptors (Lipinski definition) is 3. The summed E-state index contributed by atoms with van der Waals surface area (Å²) < 4.78 is 52.9. The molecule has 0 bridgehead atoms. The number of pyridine rings is 1. The first kappa shape index (κ1) is 18.6. The molecule has 1 aromatic rings. The van der Waals surface area contributed by atoms with E-state index in [0.717, 1.165) is 0 Å². The smallest absolute Gasteiger partial charge is 0.398 e. The molecule has 1 aromatic heterocycles. The molecule has 1 heterocycles. The van der Waals surface area contributed by atoms with E-state index < -0.39 is 11.6 Å². The number of hydrogen-bond donors (Lipinski definition) is 0. The van der Waals surface area contributed by atoms with Crippen molar-refractivity contribution in [2.75, 3.05) is 13.2 Å². The van der Waals surface area contributed by atoms with Crippen molar-refractivity contribution < 1.29 is 22.6 Å². The largest absolute Gasteiger partial charge is 0.490 e. The van der Waals surface area contributed by atoms with Crippen molar-refractivity contribution >= 4 is 27.5 Å². The third-order valence-corrected chi connectivity index (χ3v) is 5.06. The zero-order valence-corrected chi connectivity index (χ0v) is 15.2. The molecule has 1 aliphatic rings. The van der Waals surface area contributed by atoms with Crippen LogP contribution in [0.15, 0.2) is 4.47 Å². The Morgan fingerprint density at radius 1 is 1.17 bits per heavy atom. The molecule has 0 amide bonds. The van der Waals surface area contributed by atoms with Gasteiger partial charge in [-0.2, -0.15) is 18.2 Å². The lowest BCUT2D eigenvalue weighted by atomic mass is 9.78. The molecule has 1 fully saturated rings. The van der Waals surface area contributed by atoms with Crippen molar-refractivity contribution in [1.82, 2.24) is 4.98 Å². The minimum absolute atomic E-state index is 0.00107. The third-order valence-electron chi connectivity index (χ3n) is 4.07. The monoisotopic (exact) mass is 415 g/mol. The van der Waals surface area contributed by atoms with Crippen molar-refractivity contribution in [3.63, 3.8) is 0 Å². The van der Waals surface area contributed by atoms with Gasteiger partial charge in [0.15, 0.2) is 10.9 Å². The SMILES string of the molecule is CCOc1nc(Cl)c(OCC)c(C2(C(F)(F)F)CCCC2)c1Br. The van der Waals surface area contributed by atoms with Crippen LogP contribution >= 0.6 is 27.5 Å². The molecule has 0 unspecified atom stereocenters. The van der Waals surface area contributed by atoms with E-state index in [4.69, 9.17) is 21.1 Å². The molecular weight excluding hydrogens is 399 g/mol. The zero-order chi connectivity index (χ0) is 17.3. The standard InChI is InChI=1S/C15H18BrClF3NO2/c1-3-22-11-9(10(16)13(23-4-2)21-12(11)17)14(15(18,19)20)7-5-6-8-14/h3-8H2,1-2H3. The van der Waals surface area contributed by atoms with Gasteiger partial charge in [-0.15, -0.1) is 0 Å². The second kappa shape index (κ2) is 7.05. The normalized spacial score (nSPS) is 17.3. The van der Waals surface area contributed by atoms with Crippen LogP contribution in [0.5, 0.6) is 11.6 Å². The average Bonchev–Trinajstić information content (AvgIpc) is 2.95. The molecule has 8 heteroatoms. The van der Waals surface area contributed by atoms with Gasteiger partial charge in [0.2, 0.25) is 5.88 Å². The van der Waals surface area contributed by atoms with Crippen LogP contribution < -0.4 is 9.47 Å². The molecule has 2 rings (SSSR count). The van der Waals surface area contributed by atoms with Gasteiger partial charge in [-0.3, -0.25) is 0 Å². The fraction of sp³-hybridized carbons (Fsp3) is 0.667. The van der Waals surface area contributed by atoms with Gasteiger partial charge in [-0.25, -0.2) is 0 Å². The number of halogens is 5. The second-order valence-corrected chi connectivity index (χ2v) is 6.53. The van der Waals surface area contributed by atoms with Crippen LogP contribution in [-0.4, -0.2) is 24.4 Å². The Morgan fingerprint density at radius 3 is 2.22 bits per heavy atom. The van der Waals surface area contributed by atoms with Gasteiger partial charge in [0.05, 0.1) is 23.1 Å². The summed E-state index contributed by atoms with van der Waals surface area (Å²) in [5, 5.41) is -0.107. The Balaban J connectivity index is 2.75. The molecule has 130 valence electrons. The fourth-order valence-electron chi connectivity index (χ4n) is 3.09. The maximum atomic E-state index is 14.0. The molecule has 0 saturated heterocycles. The van der Waals surface area contributed by atoms with Gasteiger partial charge < -0.3 is 9.47 Å². The van der Waals surface area contributed by atoms with Crippen LogP contribution in [0.1, 0.15) is 45.1 Å². The van der Waals surface area contributed by atoms with E-state index in [1.807, 2.05) is 0 Å². The van der Waals surface area contributed by atoms with E-state index in [0.29, 0.717) is 12.8 Å². The summed E-state index contributed by atoms with van der Waals surface area (Å²) in [5.41, 5.74) is -1.98. The van der Waals surface area contributed by atoms with Crippen molar-refractivity contribution in [1.29, 1.82) is 0 Å². The molecule has 23 heavy (non-hydrogen) atoms. The first-order chi connectivity index (χ1) is 10.8. The Labute approximate surface area is 146 Å².